The zero-order chi connectivity index (χ0) is 10.2. The Morgan fingerprint density at radius 3 is 1.79 bits per heavy atom. The molecule has 0 N–H and O–H groups in total. The summed E-state index contributed by atoms with van der Waals surface area (Å²) in [5, 5.41) is 0. The molecule has 1 saturated heterocycles. The van der Waals surface area contributed by atoms with Gasteiger partial charge in [-0.15, -0.1) is 13.2 Å². The van der Waals surface area contributed by atoms with Crippen molar-refractivity contribution in [3.05, 3.63) is 13.2 Å². The minimum atomic E-state index is 0.971. The molecule has 2 fully saturated rings. The van der Waals surface area contributed by atoms with Crippen molar-refractivity contribution in [1.82, 2.24) is 4.90 Å². The standard InChI is InChI=1S/C11H21N.C2H4/c1-3-7-11(8-4-1)12-9-5-2-6-10-12;1-2/h11H,1-10H2;1-2H2. The van der Waals surface area contributed by atoms with Gasteiger partial charge in [0, 0.05) is 6.04 Å². The molecule has 0 bridgehead atoms. The van der Waals surface area contributed by atoms with Crippen molar-refractivity contribution in [1.29, 1.82) is 0 Å². The minimum Gasteiger partial charge on any atom is -0.300 e. The molecule has 1 heterocycles. The Morgan fingerprint density at radius 1 is 0.714 bits per heavy atom. The Labute approximate surface area is 89.2 Å². The highest BCUT2D eigenvalue weighted by Gasteiger charge is 2.21. The molecule has 0 amide bonds. The van der Waals surface area contributed by atoms with Crippen LogP contribution in [0.15, 0.2) is 13.2 Å². The third kappa shape index (κ3) is 3.45. The highest BCUT2D eigenvalue weighted by atomic mass is 15.2. The first-order valence-corrected chi connectivity index (χ1v) is 6.21. The molecule has 2 rings (SSSR count). The smallest absolute Gasteiger partial charge is 0.00952 e. The molecule has 0 spiro atoms. The summed E-state index contributed by atoms with van der Waals surface area (Å²) in [6, 6.07) is 0.971. The van der Waals surface area contributed by atoms with E-state index in [2.05, 4.69) is 18.1 Å². The predicted octanol–water partition coefficient (Wildman–Crippen LogP) is 3.61. The summed E-state index contributed by atoms with van der Waals surface area (Å²) in [4.78, 5) is 2.75. The topological polar surface area (TPSA) is 3.24 Å². The van der Waals surface area contributed by atoms with Crippen LogP contribution in [-0.2, 0) is 0 Å². The molecule has 0 aromatic rings. The normalized spacial score (nSPS) is 25.1. The van der Waals surface area contributed by atoms with Gasteiger partial charge >= 0.3 is 0 Å². The van der Waals surface area contributed by atoms with Crippen LogP contribution < -0.4 is 0 Å². The lowest BCUT2D eigenvalue weighted by atomic mass is 9.93. The molecule has 0 atom stereocenters. The van der Waals surface area contributed by atoms with Crippen molar-refractivity contribution in [2.45, 2.75) is 57.4 Å². The average Bonchev–Trinajstić information content (AvgIpc) is 2.34. The molecule has 14 heavy (non-hydrogen) atoms. The van der Waals surface area contributed by atoms with Crippen molar-refractivity contribution >= 4 is 0 Å². The van der Waals surface area contributed by atoms with E-state index in [1.54, 1.807) is 0 Å². The van der Waals surface area contributed by atoms with E-state index in [1.165, 1.54) is 64.5 Å². The summed E-state index contributed by atoms with van der Waals surface area (Å²) in [5.41, 5.74) is 0. The number of hydrogen-bond acceptors (Lipinski definition) is 1. The van der Waals surface area contributed by atoms with E-state index in [-0.39, 0.29) is 0 Å². The monoisotopic (exact) mass is 195 g/mol. The van der Waals surface area contributed by atoms with Crippen molar-refractivity contribution in [2.24, 2.45) is 0 Å². The van der Waals surface area contributed by atoms with Gasteiger partial charge in [-0.2, -0.15) is 0 Å². The molecule has 2 aliphatic rings. The second-order valence-corrected chi connectivity index (χ2v) is 4.39. The van der Waals surface area contributed by atoms with Gasteiger partial charge in [-0.1, -0.05) is 25.7 Å². The van der Waals surface area contributed by atoms with Gasteiger partial charge in [-0.3, -0.25) is 0 Å². The molecule has 0 aromatic heterocycles. The fraction of sp³-hybridized carbons (Fsp3) is 0.846. The van der Waals surface area contributed by atoms with Crippen LogP contribution >= 0.6 is 0 Å². The van der Waals surface area contributed by atoms with Gasteiger partial charge in [0.1, 0.15) is 0 Å². The molecule has 1 aliphatic carbocycles. The highest BCUT2D eigenvalue weighted by Crippen LogP contribution is 2.24. The average molecular weight is 195 g/mol. The summed E-state index contributed by atoms with van der Waals surface area (Å²) in [6.45, 7) is 8.79. The largest absolute Gasteiger partial charge is 0.300 e. The maximum Gasteiger partial charge on any atom is 0.00952 e. The van der Waals surface area contributed by atoms with Crippen LogP contribution in [0.5, 0.6) is 0 Å². The Morgan fingerprint density at radius 2 is 1.21 bits per heavy atom. The van der Waals surface area contributed by atoms with E-state index >= 15 is 0 Å². The van der Waals surface area contributed by atoms with Crippen LogP contribution in [0, 0.1) is 0 Å². The number of likely N-dealkylation sites (tertiary alicyclic amines) is 1. The predicted molar refractivity (Wildman–Crippen MR) is 63.6 cm³/mol. The third-order valence-electron chi connectivity index (χ3n) is 3.48. The van der Waals surface area contributed by atoms with Gasteiger partial charge in [0.15, 0.2) is 0 Å². The van der Waals surface area contributed by atoms with Gasteiger partial charge in [-0.25, -0.2) is 0 Å². The molecule has 1 saturated carbocycles. The van der Waals surface area contributed by atoms with Gasteiger partial charge in [0.2, 0.25) is 0 Å². The second-order valence-electron chi connectivity index (χ2n) is 4.39. The van der Waals surface area contributed by atoms with Gasteiger partial charge in [-0.05, 0) is 38.8 Å². The summed E-state index contributed by atoms with van der Waals surface area (Å²) in [6.07, 6.45) is 11.8. The Bertz CT molecular complexity index is 116. The highest BCUT2D eigenvalue weighted by molar-refractivity contribution is 4.77. The summed E-state index contributed by atoms with van der Waals surface area (Å²) >= 11 is 0. The number of hydrogen-bond donors (Lipinski definition) is 0. The van der Waals surface area contributed by atoms with E-state index in [4.69, 9.17) is 0 Å². The number of nitrogens with zero attached hydrogens (tertiary/aromatic N) is 1. The zero-order valence-corrected chi connectivity index (χ0v) is 9.51. The van der Waals surface area contributed by atoms with Crippen molar-refractivity contribution in [2.75, 3.05) is 13.1 Å². The molecule has 0 radical (unpaired) electrons. The molecule has 0 unspecified atom stereocenters. The fourth-order valence-corrected chi connectivity index (χ4v) is 2.73. The lowest BCUT2D eigenvalue weighted by Crippen LogP contribution is -2.40. The minimum absolute atomic E-state index is 0.971. The van der Waals surface area contributed by atoms with Crippen LogP contribution in [-0.4, -0.2) is 24.0 Å². The van der Waals surface area contributed by atoms with Gasteiger partial charge in [0.05, 0.1) is 0 Å². The molecule has 1 nitrogen and oxygen atoms in total. The molecular formula is C13H25N. The summed E-state index contributed by atoms with van der Waals surface area (Å²) < 4.78 is 0. The molecular weight excluding hydrogens is 170 g/mol. The maximum atomic E-state index is 3.00. The lowest BCUT2D eigenvalue weighted by molar-refractivity contribution is 0.131. The van der Waals surface area contributed by atoms with Crippen LogP contribution in [0.2, 0.25) is 0 Å². The van der Waals surface area contributed by atoms with Crippen molar-refractivity contribution in [3.8, 4) is 0 Å². The Hall–Kier alpha value is -0.300. The molecule has 0 aromatic carbocycles. The maximum absolute atomic E-state index is 3.00. The van der Waals surface area contributed by atoms with Crippen LogP contribution in [0.25, 0.3) is 0 Å². The first-order chi connectivity index (χ1) is 6.97. The summed E-state index contributed by atoms with van der Waals surface area (Å²) in [7, 11) is 0. The van der Waals surface area contributed by atoms with Crippen LogP contribution in [0.4, 0.5) is 0 Å². The second kappa shape index (κ2) is 7.05. The van der Waals surface area contributed by atoms with Gasteiger partial charge < -0.3 is 4.90 Å². The van der Waals surface area contributed by atoms with E-state index in [9.17, 15) is 0 Å². The fourth-order valence-electron chi connectivity index (χ4n) is 2.73. The van der Waals surface area contributed by atoms with Crippen molar-refractivity contribution in [3.63, 3.8) is 0 Å². The SMILES string of the molecule is C1CCC(N2CCCCC2)CC1.C=C. The van der Waals surface area contributed by atoms with Crippen molar-refractivity contribution < 1.29 is 0 Å². The van der Waals surface area contributed by atoms with Crippen LogP contribution in [0.3, 0.4) is 0 Å². The first kappa shape index (κ1) is 11.8. The molecule has 1 aliphatic heterocycles. The molecule has 1 heteroatoms. The first-order valence-electron chi connectivity index (χ1n) is 6.21. The van der Waals surface area contributed by atoms with Gasteiger partial charge in [0.25, 0.3) is 0 Å². The number of rotatable bonds is 1. The van der Waals surface area contributed by atoms with E-state index in [0.717, 1.165) is 6.04 Å². The molecule has 82 valence electrons. The Kier molecular flexibility index (Phi) is 5.93. The number of piperidine rings is 1. The lowest BCUT2D eigenvalue weighted by Gasteiger charge is -2.36. The van der Waals surface area contributed by atoms with E-state index in [0.29, 0.717) is 0 Å². The summed E-state index contributed by atoms with van der Waals surface area (Å²) in [5.74, 6) is 0. The van der Waals surface area contributed by atoms with E-state index in [1.807, 2.05) is 0 Å². The third-order valence-corrected chi connectivity index (χ3v) is 3.48. The van der Waals surface area contributed by atoms with Crippen LogP contribution in [0.1, 0.15) is 51.4 Å². The Balaban J connectivity index is 0.000000461. The van der Waals surface area contributed by atoms with E-state index < -0.39 is 0 Å². The zero-order valence-electron chi connectivity index (χ0n) is 9.51. The quantitative estimate of drug-likeness (QED) is 0.578.